The van der Waals surface area contributed by atoms with Crippen LogP contribution in [-0.2, 0) is 0 Å². The number of fused-ring (bicyclic) bond motifs is 1. The van der Waals surface area contributed by atoms with Crippen molar-refractivity contribution in [2.24, 2.45) is 0 Å². The maximum Gasteiger partial charge on any atom is 0.251 e. The average Bonchev–Trinajstić information content (AvgIpc) is 3.50. The van der Waals surface area contributed by atoms with Gasteiger partial charge in [-0.2, -0.15) is 10.1 Å². The summed E-state index contributed by atoms with van der Waals surface area (Å²) in [5.74, 6) is 6.02. The summed E-state index contributed by atoms with van der Waals surface area (Å²) in [7, 11) is 1.61. The lowest BCUT2D eigenvalue weighted by Crippen LogP contribution is -2.40. The molecule has 1 aromatic carbocycles. The molecular formula is C25H29F2N7O. The molecule has 0 spiro atoms. The van der Waals surface area contributed by atoms with Crippen LogP contribution in [0.2, 0.25) is 0 Å². The van der Waals surface area contributed by atoms with Crippen LogP contribution in [0.1, 0.15) is 36.9 Å². The smallest absolute Gasteiger partial charge is 0.251 e. The van der Waals surface area contributed by atoms with E-state index in [0.29, 0.717) is 35.4 Å². The molecule has 2 fully saturated rings. The van der Waals surface area contributed by atoms with E-state index >= 15 is 0 Å². The van der Waals surface area contributed by atoms with E-state index in [1.165, 1.54) is 12.8 Å². The number of H-pyrrole nitrogens is 1. The molecule has 2 aliphatic rings. The SMILES string of the molecule is COc1cc2c(Nc3cc(C)[nH]n3)nc(N3CCC(F)(F)CC3)nc2cc1C#CCN1CCCC1. The van der Waals surface area contributed by atoms with Crippen LogP contribution >= 0.6 is 0 Å². The molecule has 2 aromatic heterocycles. The minimum Gasteiger partial charge on any atom is -0.495 e. The highest BCUT2D eigenvalue weighted by Gasteiger charge is 2.35. The van der Waals surface area contributed by atoms with E-state index in [4.69, 9.17) is 14.7 Å². The number of nitrogens with one attached hydrogen (secondary N) is 2. The van der Waals surface area contributed by atoms with Crippen LogP contribution in [0.25, 0.3) is 10.9 Å². The van der Waals surface area contributed by atoms with Gasteiger partial charge in [-0.3, -0.25) is 10.00 Å². The molecule has 5 rings (SSSR count). The first-order chi connectivity index (χ1) is 16.9. The zero-order valence-electron chi connectivity index (χ0n) is 20.0. The normalized spacial score (nSPS) is 17.9. The second kappa shape index (κ2) is 9.66. The van der Waals surface area contributed by atoms with Crippen LogP contribution in [0.4, 0.5) is 26.4 Å². The summed E-state index contributed by atoms with van der Waals surface area (Å²) in [5.41, 5.74) is 2.29. The van der Waals surface area contributed by atoms with Crippen LogP contribution in [0.3, 0.4) is 0 Å². The molecule has 0 unspecified atom stereocenters. The molecule has 0 saturated carbocycles. The number of aromatic amines is 1. The van der Waals surface area contributed by atoms with Crippen LogP contribution in [0, 0.1) is 18.8 Å². The molecule has 10 heteroatoms. The maximum absolute atomic E-state index is 13.8. The third-order valence-electron chi connectivity index (χ3n) is 6.46. The number of hydrogen-bond donors (Lipinski definition) is 2. The van der Waals surface area contributed by atoms with Gasteiger partial charge in [0, 0.05) is 43.1 Å². The number of likely N-dealkylation sites (tertiary alicyclic amines) is 1. The topological polar surface area (TPSA) is 82.2 Å². The Labute approximate surface area is 203 Å². The number of anilines is 3. The highest BCUT2D eigenvalue weighted by molar-refractivity contribution is 5.94. The van der Waals surface area contributed by atoms with E-state index in [-0.39, 0.29) is 25.9 Å². The summed E-state index contributed by atoms with van der Waals surface area (Å²) in [6, 6.07) is 5.62. The molecule has 2 aliphatic heterocycles. The number of ether oxygens (including phenoxy) is 1. The van der Waals surface area contributed by atoms with Gasteiger partial charge in [-0.25, -0.2) is 13.8 Å². The van der Waals surface area contributed by atoms with Crippen molar-refractivity contribution in [3.05, 3.63) is 29.5 Å². The molecule has 184 valence electrons. The van der Waals surface area contributed by atoms with Crippen LogP contribution in [0.15, 0.2) is 18.2 Å². The Bertz CT molecular complexity index is 1260. The first-order valence-electron chi connectivity index (χ1n) is 11.9. The fourth-order valence-electron chi connectivity index (χ4n) is 4.47. The molecule has 0 radical (unpaired) electrons. The molecule has 0 amide bonds. The van der Waals surface area contributed by atoms with Gasteiger partial charge in [0.05, 0.1) is 24.7 Å². The highest BCUT2D eigenvalue weighted by Crippen LogP contribution is 2.34. The quantitative estimate of drug-likeness (QED) is 0.531. The number of aryl methyl sites for hydroxylation is 1. The Morgan fingerprint density at radius 1 is 1.11 bits per heavy atom. The summed E-state index contributed by atoms with van der Waals surface area (Å²) >= 11 is 0. The van der Waals surface area contributed by atoms with Gasteiger partial charge in [0.1, 0.15) is 11.6 Å². The van der Waals surface area contributed by atoms with Crippen molar-refractivity contribution in [2.45, 2.75) is 38.5 Å². The van der Waals surface area contributed by atoms with Crippen LogP contribution < -0.4 is 15.0 Å². The Morgan fingerprint density at radius 2 is 1.89 bits per heavy atom. The lowest BCUT2D eigenvalue weighted by molar-refractivity contribution is -0.0222. The lowest BCUT2D eigenvalue weighted by Gasteiger charge is -2.32. The number of hydrogen-bond acceptors (Lipinski definition) is 7. The fraction of sp³-hybridized carbons (Fsp3) is 0.480. The number of nitrogens with zero attached hydrogens (tertiary/aromatic N) is 5. The second-order valence-electron chi connectivity index (χ2n) is 9.13. The molecule has 8 nitrogen and oxygen atoms in total. The van der Waals surface area contributed by atoms with E-state index in [1.807, 2.05) is 25.1 Å². The van der Waals surface area contributed by atoms with Crippen molar-refractivity contribution in [1.29, 1.82) is 0 Å². The molecular weight excluding hydrogens is 452 g/mol. The molecule has 35 heavy (non-hydrogen) atoms. The first kappa shape index (κ1) is 23.3. The summed E-state index contributed by atoms with van der Waals surface area (Å²) < 4.78 is 33.2. The van der Waals surface area contributed by atoms with Gasteiger partial charge in [0.2, 0.25) is 5.95 Å². The largest absolute Gasteiger partial charge is 0.495 e. The summed E-state index contributed by atoms with van der Waals surface area (Å²) in [4.78, 5) is 13.6. The Hall–Kier alpha value is -3.45. The van der Waals surface area contributed by atoms with Gasteiger partial charge in [-0.05, 0) is 45.0 Å². The zero-order valence-corrected chi connectivity index (χ0v) is 20.0. The summed E-state index contributed by atoms with van der Waals surface area (Å²) in [5, 5.41) is 11.1. The van der Waals surface area contributed by atoms with Gasteiger partial charge in [-0.1, -0.05) is 11.8 Å². The predicted molar refractivity (Wildman–Crippen MR) is 132 cm³/mol. The third-order valence-corrected chi connectivity index (χ3v) is 6.46. The monoisotopic (exact) mass is 481 g/mol. The van der Waals surface area contributed by atoms with Crippen molar-refractivity contribution in [1.82, 2.24) is 25.1 Å². The van der Waals surface area contributed by atoms with Crippen molar-refractivity contribution in [3.63, 3.8) is 0 Å². The molecule has 3 aromatic rings. The molecule has 2 saturated heterocycles. The van der Waals surface area contributed by atoms with Gasteiger partial charge in [-0.15, -0.1) is 0 Å². The number of methoxy groups -OCH3 is 1. The van der Waals surface area contributed by atoms with Crippen molar-refractivity contribution in [3.8, 4) is 17.6 Å². The Morgan fingerprint density at radius 3 is 2.57 bits per heavy atom. The van der Waals surface area contributed by atoms with Gasteiger partial charge < -0.3 is 15.0 Å². The Balaban J connectivity index is 1.53. The molecule has 0 bridgehead atoms. The minimum atomic E-state index is -2.65. The maximum atomic E-state index is 13.8. The molecule has 4 heterocycles. The number of benzene rings is 1. The Kier molecular flexibility index (Phi) is 6.43. The summed E-state index contributed by atoms with van der Waals surface area (Å²) in [6.07, 6.45) is 2.00. The molecule has 0 aliphatic carbocycles. The fourth-order valence-corrected chi connectivity index (χ4v) is 4.47. The van der Waals surface area contributed by atoms with E-state index in [0.717, 1.165) is 29.7 Å². The van der Waals surface area contributed by atoms with E-state index < -0.39 is 5.92 Å². The summed E-state index contributed by atoms with van der Waals surface area (Å²) in [6.45, 7) is 5.17. The average molecular weight is 482 g/mol. The van der Waals surface area contributed by atoms with Gasteiger partial charge in [0.25, 0.3) is 5.92 Å². The van der Waals surface area contributed by atoms with Crippen molar-refractivity contribution in [2.75, 3.05) is 50.1 Å². The first-order valence-corrected chi connectivity index (χ1v) is 11.9. The lowest BCUT2D eigenvalue weighted by atomic mass is 10.1. The molecule has 2 N–H and O–H groups in total. The van der Waals surface area contributed by atoms with Crippen molar-refractivity contribution >= 4 is 28.5 Å². The van der Waals surface area contributed by atoms with Crippen LogP contribution in [0.5, 0.6) is 5.75 Å². The number of rotatable bonds is 5. The van der Waals surface area contributed by atoms with Crippen LogP contribution in [-0.4, -0.2) is 70.8 Å². The predicted octanol–water partition coefficient (Wildman–Crippen LogP) is 4.10. The van der Waals surface area contributed by atoms with E-state index in [1.54, 1.807) is 12.0 Å². The number of alkyl halides is 2. The zero-order chi connectivity index (χ0) is 24.4. The highest BCUT2D eigenvalue weighted by atomic mass is 19.3. The van der Waals surface area contributed by atoms with E-state index in [2.05, 4.69) is 32.3 Å². The number of piperidine rings is 1. The minimum absolute atomic E-state index is 0.193. The van der Waals surface area contributed by atoms with Gasteiger partial charge in [0.15, 0.2) is 5.82 Å². The van der Waals surface area contributed by atoms with Gasteiger partial charge >= 0.3 is 0 Å². The molecule has 0 atom stereocenters. The number of aromatic nitrogens is 4. The number of halogens is 2. The standard InChI is InChI=1S/C25H29F2N7O/c1-17-14-22(32-31-17)29-23-19-16-21(35-2)18(6-5-11-33-9-3-4-10-33)15-20(19)28-24(30-23)34-12-7-25(26,27)8-13-34/h14-16H,3-4,7-13H2,1-2H3,(H2,28,29,30,31,32). The second-order valence-corrected chi connectivity index (χ2v) is 9.13. The van der Waals surface area contributed by atoms with E-state index in [9.17, 15) is 8.78 Å². The third kappa shape index (κ3) is 5.30. The van der Waals surface area contributed by atoms with Crippen molar-refractivity contribution < 1.29 is 13.5 Å².